The molecule has 0 bridgehead atoms. The van der Waals surface area contributed by atoms with Crippen molar-refractivity contribution in [3.8, 4) is 11.4 Å². The highest BCUT2D eigenvalue weighted by Gasteiger charge is 2.23. The molecule has 0 aliphatic carbocycles. The van der Waals surface area contributed by atoms with Crippen molar-refractivity contribution in [1.29, 1.82) is 0 Å². The summed E-state index contributed by atoms with van der Waals surface area (Å²) in [5.74, 6) is 0.260. The Morgan fingerprint density at radius 1 is 1.06 bits per heavy atom. The van der Waals surface area contributed by atoms with Gasteiger partial charge in [0.05, 0.1) is 18.2 Å². The van der Waals surface area contributed by atoms with E-state index in [4.69, 9.17) is 4.74 Å². The third-order valence-electron chi connectivity index (χ3n) is 6.00. The van der Waals surface area contributed by atoms with E-state index < -0.39 is 11.2 Å². The maximum absolute atomic E-state index is 13.6. The molecule has 3 aromatic rings. The Hall–Kier alpha value is -3.42. The van der Waals surface area contributed by atoms with Gasteiger partial charge >= 0.3 is 5.69 Å². The van der Waals surface area contributed by atoms with Crippen LogP contribution in [0.1, 0.15) is 36.9 Å². The molecular formula is C24H28N4O4. The van der Waals surface area contributed by atoms with Crippen molar-refractivity contribution >= 4 is 16.9 Å². The first-order valence-corrected chi connectivity index (χ1v) is 11.0. The number of fused-ring (bicyclic) bond motifs is 1. The molecule has 2 aromatic heterocycles. The van der Waals surface area contributed by atoms with Crippen LogP contribution in [0.2, 0.25) is 0 Å². The topological polar surface area (TPSA) is 86.4 Å². The van der Waals surface area contributed by atoms with Gasteiger partial charge in [0, 0.05) is 18.8 Å². The molecule has 0 radical (unpaired) electrons. The summed E-state index contributed by atoms with van der Waals surface area (Å²) in [6.45, 7) is 4.65. The van der Waals surface area contributed by atoms with Crippen LogP contribution in [0, 0.1) is 13.8 Å². The van der Waals surface area contributed by atoms with E-state index in [-0.39, 0.29) is 18.1 Å². The molecule has 0 atom stereocenters. The van der Waals surface area contributed by atoms with Gasteiger partial charge in [-0.05, 0) is 50.5 Å². The molecule has 0 saturated carbocycles. The average molecular weight is 437 g/mol. The second-order valence-electron chi connectivity index (χ2n) is 8.26. The summed E-state index contributed by atoms with van der Waals surface area (Å²) in [7, 11) is 1.52. The number of rotatable bonds is 4. The first kappa shape index (κ1) is 21.8. The smallest absolute Gasteiger partial charge is 0.337 e. The number of hydrogen-bond acceptors (Lipinski definition) is 5. The minimum Gasteiger partial charge on any atom is -0.495 e. The zero-order valence-corrected chi connectivity index (χ0v) is 18.8. The molecule has 0 unspecified atom stereocenters. The molecule has 0 N–H and O–H groups in total. The summed E-state index contributed by atoms with van der Waals surface area (Å²) in [4.78, 5) is 46.4. The second-order valence-corrected chi connectivity index (χ2v) is 8.26. The number of amides is 1. The number of benzene rings is 1. The number of likely N-dealkylation sites (tertiary alicyclic amines) is 1. The van der Waals surface area contributed by atoms with Gasteiger partial charge in [0.15, 0.2) is 5.65 Å². The average Bonchev–Trinajstić information content (AvgIpc) is 3.06. The second kappa shape index (κ2) is 8.98. The van der Waals surface area contributed by atoms with E-state index in [1.165, 1.54) is 11.7 Å². The SMILES string of the molecule is COc1ccccc1-n1c(=O)n(CC(=O)N2CCCCCC2)c(=O)c2c(C)cc(C)nc21. The largest absolute Gasteiger partial charge is 0.495 e. The fourth-order valence-corrected chi connectivity index (χ4v) is 4.40. The van der Waals surface area contributed by atoms with Gasteiger partial charge in [-0.1, -0.05) is 25.0 Å². The van der Waals surface area contributed by atoms with Gasteiger partial charge in [0.25, 0.3) is 5.56 Å². The highest BCUT2D eigenvalue weighted by atomic mass is 16.5. The van der Waals surface area contributed by atoms with Crippen LogP contribution in [-0.4, -0.2) is 45.1 Å². The van der Waals surface area contributed by atoms with Crippen molar-refractivity contribution in [2.45, 2.75) is 46.1 Å². The van der Waals surface area contributed by atoms with Crippen molar-refractivity contribution in [3.63, 3.8) is 0 Å². The van der Waals surface area contributed by atoms with Crippen LogP contribution in [0.3, 0.4) is 0 Å². The maximum Gasteiger partial charge on any atom is 0.337 e. The summed E-state index contributed by atoms with van der Waals surface area (Å²) in [5, 5.41) is 0.324. The number of hydrogen-bond donors (Lipinski definition) is 0. The Kier molecular flexibility index (Phi) is 6.12. The molecule has 1 aliphatic heterocycles. The minimum absolute atomic E-state index is 0.213. The Balaban J connectivity index is 1.96. The quantitative estimate of drug-likeness (QED) is 0.627. The van der Waals surface area contributed by atoms with Gasteiger partial charge in [-0.3, -0.25) is 9.59 Å². The molecule has 0 spiro atoms. The minimum atomic E-state index is -0.604. The number of carbonyl (C=O) groups excluding carboxylic acids is 1. The lowest BCUT2D eigenvalue weighted by Gasteiger charge is -2.21. The highest BCUT2D eigenvalue weighted by Crippen LogP contribution is 2.24. The highest BCUT2D eigenvalue weighted by molar-refractivity contribution is 5.81. The Morgan fingerprint density at radius 3 is 2.44 bits per heavy atom. The zero-order valence-electron chi connectivity index (χ0n) is 18.8. The lowest BCUT2D eigenvalue weighted by atomic mass is 10.1. The van der Waals surface area contributed by atoms with Crippen molar-refractivity contribution in [2.24, 2.45) is 0 Å². The van der Waals surface area contributed by atoms with Crippen molar-refractivity contribution < 1.29 is 9.53 Å². The summed E-state index contributed by atoms with van der Waals surface area (Å²) in [5.41, 5.74) is 1.03. The number of carbonyl (C=O) groups is 1. The predicted octanol–water partition coefficient (Wildman–Crippen LogP) is 2.58. The van der Waals surface area contributed by atoms with Crippen LogP contribution < -0.4 is 16.0 Å². The summed E-state index contributed by atoms with van der Waals surface area (Å²) >= 11 is 0. The van der Waals surface area contributed by atoms with Crippen LogP contribution in [0.5, 0.6) is 5.75 Å². The number of aromatic nitrogens is 3. The van der Waals surface area contributed by atoms with E-state index in [0.717, 1.165) is 30.3 Å². The molecule has 1 aromatic carbocycles. The first-order chi connectivity index (χ1) is 15.4. The van der Waals surface area contributed by atoms with Gasteiger partial charge < -0.3 is 9.64 Å². The Bertz CT molecular complexity index is 1280. The normalized spacial score (nSPS) is 14.4. The number of pyridine rings is 1. The molecule has 1 saturated heterocycles. The number of methoxy groups -OCH3 is 1. The van der Waals surface area contributed by atoms with Crippen molar-refractivity contribution in [1.82, 2.24) is 19.0 Å². The molecule has 8 heteroatoms. The maximum atomic E-state index is 13.6. The van der Waals surface area contributed by atoms with E-state index in [0.29, 0.717) is 41.2 Å². The fraction of sp³-hybridized carbons (Fsp3) is 0.417. The van der Waals surface area contributed by atoms with Gasteiger partial charge in [0.1, 0.15) is 12.3 Å². The Labute approximate surface area is 186 Å². The molecule has 168 valence electrons. The van der Waals surface area contributed by atoms with E-state index in [1.54, 1.807) is 29.2 Å². The third kappa shape index (κ3) is 3.92. The first-order valence-electron chi connectivity index (χ1n) is 11.0. The molecule has 1 amide bonds. The molecule has 1 fully saturated rings. The molecule has 32 heavy (non-hydrogen) atoms. The zero-order chi connectivity index (χ0) is 22.8. The van der Waals surface area contributed by atoms with E-state index >= 15 is 0 Å². The van der Waals surface area contributed by atoms with Crippen LogP contribution in [-0.2, 0) is 11.3 Å². The number of nitrogens with zero attached hydrogens (tertiary/aromatic N) is 4. The summed E-state index contributed by atoms with van der Waals surface area (Å²) in [6.07, 6.45) is 4.05. The van der Waals surface area contributed by atoms with E-state index in [2.05, 4.69) is 4.98 Å². The number of ether oxygens (including phenoxy) is 1. The molecule has 3 heterocycles. The van der Waals surface area contributed by atoms with Gasteiger partial charge in [-0.2, -0.15) is 0 Å². The summed E-state index contributed by atoms with van der Waals surface area (Å²) in [6, 6.07) is 8.88. The van der Waals surface area contributed by atoms with Crippen LogP contribution >= 0.6 is 0 Å². The third-order valence-corrected chi connectivity index (χ3v) is 6.00. The van der Waals surface area contributed by atoms with E-state index in [9.17, 15) is 14.4 Å². The number of aryl methyl sites for hydroxylation is 2. The van der Waals surface area contributed by atoms with Crippen LogP contribution in [0.4, 0.5) is 0 Å². The van der Waals surface area contributed by atoms with Crippen molar-refractivity contribution in [3.05, 3.63) is 62.4 Å². The monoisotopic (exact) mass is 436 g/mol. The van der Waals surface area contributed by atoms with Crippen molar-refractivity contribution in [2.75, 3.05) is 20.2 Å². The Morgan fingerprint density at radius 2 is 1.75 bits per heavy atom. The predicted molar refractivity (Wildman–Crippen MR) is 123 cm³/mol. The molecule has 1 aliphatic rings. The van der Waals surface area contributed by atoms with Crippen LogP contribution in [0.25, 0.3) is 16.7 Å². The van der Waals surface area contributed by atoms with Gasteiger partial charge in [0.2, 0.25) is 5.91 Å². The van der Waals surface area contributed by atoms with E-state index in [1.807, 2.05) is 19.9 Å². The van der Waals surface area contributed by atoms with Gasteiger partial charge in [-0.25, -0.2) is 18.9 Å². The van der Waals surface area contributed by atoms with Crippen LogP contribution in [0.15, 0.2) is 39.9 Å². The standard InChI is InChI=1S/C24H28N4O4/c1-16-14-17(2)25-22-21(16)23(30)27(15-20(29)26-12-8-4-5-9-13-26)24(31)28(22)18-10-6-7-11-19(18)32-3/h6-7,10-11,14H,4-5,8-9,12-13,15H2,1-3H3. The molecule has 8 nitrogen and oxygen atoms in total. The van der Waals surface area contributed by atoms with Gasteiger partial charge in [-0.15, -0.1) is 0 Å². The molecular weight excluding hydrogens is 408 g/mol. The lowest BCUT2D eigenvalue weighted by molar-refractivity contribution is -0.131. The molecule has 4 rings (SSSR count). The fourth-order valence-electron chi connectivity index (χ4n) is 4.40. The number of para-hydroxylation sites is 2. The summed E-state index contributed by atoms with van der Waals surface area (Å²) < 4.78 is 7.89. The lowest BCUT2D eigenvalue weighted by Crippen LogP contribution is -2.45.